The van der Waals surface area contributed by atoms with Gasteiger partial charge in [-0.3, -0.25) is 9.78 Å². The van der Waals surface area contributed by atoms with Gasteiger partial charge in [-0.2, -0.15) is 0 Å². The van der Waals surface area contributed by atoms with Gasteiger partial charge in [-0.15, -0.1) is 24.8 Å². The molecule has 1 saturated carbocycles. The third-order valence-corrected chi connectivity index (χ3v) is 4.77. The molecule has 4 nitrogen and oxygen atoms in total. The van der Waals surface area contributed by atoms with Crippen LogP contribution in [0.5, 0.6) is 0 Å². The monoisotopic (exact) mass is 395 g/mol. The summed E-state index contributed by atoms with van der Waals surface area (Å²) in [5.41, 5.74) is 9.27. The minimum atomic E-state index is -0.113. The molecular weight excluding hydrogens is 369 g/mol. The van der Waals surface area contributed by atoms with Crippen LogP contribution in [0.15, 0.2) is 48.7 Å². The van der Waals surface area contributed by atoms with Gasteiger partial charge in [-0.1, -0.05) is 35.9 Å². The van der Waals surface area contributed by atoms with Crippen LogP contribution in [0.25, 0.3) is 0 Å². The van der Waals surface area contributed by atoms with Crippen LogP contribution in [-0.4, -0.2) is 16.9 Å². The van der Waals surface area contributed by atoms with Gasteiger partial charge in [0.25, 0.3) is 0 Å². The molecule has 0 spiro atoms. The number of carbonyl (C=O) groups excluding carboxylic acids is 1. The summed E-state index contributed by atoms with van der Waals surface area (Å²) in [5, 5.41) is 3.20. The summed E-state index contributed by atoms with van der Waals surface area (Å²) >= 11 is 0. The van der Waals surface area contributed by atoms with E-state index in [1.54, 1.807) is 6.20 Å². The largest absolute Gasteiger partial charge is 0.347 e. The number of halogens is 2. The Morgan fingerprint density at radius 1 is 1.19 bits per heavy atom. The Kier molecular flexibility index (Phi) is 9.06. The predicted octanol–water partition coefficient (Wildman–Crippen LogP) is 3.76. The number of rotatable bonds is 5. The number of nitrogens with zero attached hydrogens (tertiary/aromatic N) is 1. The van der Waals surface area contributed by atoms with Crippen molar-refractivity contribution in [3.8, 4) is 0 Å². The first-order valence-electron chi connectivity index (χ1n) is 8.64. The third kappa shape index (κ3) is 5.97. The van der Waals surface area contributed by atoms with E-state index in [9.17, 15) is 4.79 Å². The van der Waals surface area contributed by atoms with Gasteiger partial charge >= 0.3 is 0 Å². The molecule has 26 heavy (non-hydrogen) atoms. The van der Waals surface area contributed by atoms with E-state index in [-0.39, 0.29) is 48.7 Å². The second kappa shape index (κ2) is 10.5. The summed E-state index contributed by atoms with van der Waals surface area (Å²) in [6, 6.07) is 14.3. The van der Waals surface area contributed by atoms with E-state index in [0.717, 1.165) is 31.4 Å². The molecule has 0 aliphatic heterocycles. The fraction of sp³-hybridized carbons (Fsp3) is 0.400. The van der Waals surface area contributed by atoms with Gasteiger partial charge in [0.2, 0.25) is 5.91 Å². The average molecular weight is 396 g/mol. The summed E-state index contributed by atoms with van der Waals surface area (Å²) in [7, 11) is 0. The zero-order valence-corrected chi connectivity index (χ0v) is 16.6. The number of hydrogen-bond acceptors (Lipinski definition) is 3. The molecule has 1 aliphatic carbocycles. The highest BCUT2D eigenvalue weighted by atomic mass is 35.5. The molecule has 3 rings (SSSR count). The Morgan fingerprint density at radius 2 is 1.92 bits per heavy atom. The second-order valence-electron chi connectivity index (χ2n) is 6.78. The number of amides is 1. The highest BCUT2D eigenvalue weighted by Crippen LogP contribution is 2.26. The molecule has 142 valence electrons. The molecule has 1 aliphatic rings. The van der Waals surface area contributed by atoms with Crippen molar-refractivity contribution in [2.24, 2.45) is 11.7 Å². The van der Waals surface area contributed by atoms with Crippen molar-refractivity contribution < 1.29 is 4.79 Å². The molecule has 1 heterocycles. The maximum Gasteiger partial charge on any atom is 0.223 e. The highest BCUT2D eigenvalue weighted by molar-refractivity contribution is 5.85. The Morgan fingerprint density at radius 3 is 2.50 bits per heavy atom. The first kappa shape index (κ1) is 22.4. The first-order valence-corrected chi connectivity index (χ1v) is 8.64. The minimum Gasteiger partial charge on any atom is -0.347 e. The Balaban J connectivity index is 0.00000169. The molecule has 6 heteroatoms. The lowest BCUT2D eigenvalue weighted by Gasteiger charge is -2.21. The summed E-state index contributed by atoms with van der Waals surface area (Å²) in [6.07, 6.45) is 5.11. The maximum atomic E-state index is 12.6. The van der Waals surface area contributed by atoms with Crippen LogP contribution in [0.4, 0.5) is 0 Å². The Labute approximate surface area is 167 Å². The summed E-state index contributed by atoms with van der Waals surface area (Å²) < 4.78 is 0. The van der Waals surface area contributed by atoms with E-state index in [1.165, 1.54) is 11.1 Å². The van der Waals surface area contributed by atoms with Gasteiger partial charge < -0.3 is 11.1 Å². The van der Waals surface area contributed by atoms with Crippen LogP contribution >= 0.6 is 24.8 Å². The van der Waals surface area contributed by atoms with Crippen LogP contribution < -0.4 is 11.1 Å². The van der Waals surface area contributed by atoms with Crippen LogP contribution in [0, 0.1) is 12.8 Å². The van der Waals surface area contributed by atoms with Crippen molar-refractivity contribution in [1.82, 2.24) is 10.3 Å². The van der Waals surface area contributed by atoms with E-state index >= 15 is 0 Å². The molecule has 1 amide bonds. The number of pyridine rings is 1. The molecular formula is C20H27Cl2N3O. The van der Waals surface area contributed by atoms with Crippen molar-refractivity contribution in [3.63, 3.8) is 0 Å². The van der Waals surface area contributed by atoms with Crippen molar-refractivity contribution in [2.45, 2.75) is 44.7 Å². The van der Waals surface area contributed by atoms with Crippen LogP contribution in [0.1, 0.15) is 42.1 Å². The molecule has 0 radical (unpaired) electrons. The summed E-state index contributed by atoms with van der Waals surface area (Å²) in [4.78, 5) is 17.1. The molecule has 3 atom stereocenters. The van der Waals surface area contributed by atoms with Gasteiger partial charge in [0.1, 0.15) is 0 Å². The normalized spacial score (nSPS) is 19.8. The number of carbonyl (C=O) groups is 1. The second-order valence-corrected chi connectivity index (χ2v) is 6.78. The van der Waals surface area contributed by atoms with E-state index in [0.29, 0.717) is 0 Å². The van der Waals surface area contributed by atoms with E-state index in [4.69, 9.17) is 5.73 Å². The standard InChI is InChI=1S/C20H25N3O.2ClH/c1-14-5-7-15(8-6-14)12-19(18-4-2-3-11-22-18)23-20(24)16-9-10-17(21)13-16;;/h2-8,11,16-17,19H,9-10,12-13,21H2,1H3,(H,23,24);2*1H. The number of hydrogen-bond donors (Lipinski definition) is 2. The zero-order chi connectivity index (χ0) is 16.9. The molecule has 0 saturated heterocycles. The average Bonchev–Trinajstić information content (AvgIpc) is 3.03. The smallest absolute Gasteiger partial charge is 0.223 e. The Bertz CT molecular complexity index is 679. The molecule has 3 unspecified atom stereocenters. The number of aryl methyl sites for hydroxylation is 1. The number of nitrogens with two attached hydrogens (primary N) is 1. The lowest BCUT2D eigenvalue weighted by Crippen LogP contribution is -2.35. The summed E-state index contributed by atoms with van der Waals surface area (Å²) in [6.45, 7) is 2.07. The molecule has 1 fully saturated rings. The Hall–Kier alpha value is -1.62. The van der Waals surface area contributed by atoms with Crippen molar-refractivity contribution in [3.05, 3.63) is 65.5 Å². The van der Waals surface area contributed by atoms with Crippen molar-refractivity contribution >= 4 is 30.7 Å². The van der Waals surface area contributed by atoms with Gasteiger partial charge in [0, 0.05) is 18.2 Å². The van der Waals surface area contributed by atoms with Gasteiger partial charge in [-0.05, 0) is 50.3 Å². The molecule has 2 aromatic rings. The quantitative estimate of drug-likeness (QED) is 0.809. The maximum absolute atomic E-state index is 12.6. The van der Waals surface area contributed by atoms with E-state index in [1.807, 2.05) is 18.2 Å². The number of aromatic nitrogens is 1. The minimum absolute atomic E-state index is 0. The lowest BCUT2D eigenvalue weighted by molar-refractivity contribution is -0.125. The zero-order valence-electron chi connectivity index (χ0n) is 14.9. The van der Waals surface area contributed by atoms with Crippen LogP contribution in [0.2, 0.25) is 0 Å². The summed E-state index contributed by atoms with van der Waals surface area (Å²) in [5.74, 6) is 0.134. The lowest BCUT2D eigenvalue weighted by atomic mass is 10.00. The third-order valence-electron chi connectivity index (χ3n) is 4.77. The molecule has 1 aromatic carbocycles. The van der Waals surface area contributed by atoms with Gasteiger partial charge in [0.15, 0.2) is 0 Å². The fourth-order valence-corrected chi connectivity index (χ4v) is 3.32. The highest BCUT2D eigenvalue weighted by Gasteiger charge is 2.29. The SMILES string of the molecule is Cc1ccc(CC(NC(=O)C2CCC(N)C2)c2ccccn2)cc1.Cl.Cl. The number of nitrogens with one attached hydrogen (secondary N) is 1. The van der Waals surface area contributed by atoms with Crippen LogP contribution in [0.3, 0.4) is 0 Å². The van der Waals surface area contributed by atoms with Gasteiger partial charge in [-0.25, -0.2) is 0 Å². The predicted molar refractivity (Wildman–Crippen MR) is 110 cm³/mol. The van der Waals surface area contributed by atoms with Crippen molar-refractivity contribution in [1.29, 1.82) is 0 Å². The van der Waals surface area contributed by atoms with Gasteiger partial charge in [0.05, 0.1) is 11.7 Å². The van der Waals surface area contributed by atoms with E-state index < -0.39 is 0 Å². The van der Waals surface area contributed by atoms with Crippen molar-refractivity contribution in [2.75, 3.05) is 0 Å². The first-order chi connectivity index (χ1) is 11.6. The molecule has 1 aromatic heterocycles. The topological polar surface area (TPSA) is 68.0 Å². The molecule has 3 N–H and O–H groups in total. The fourth-order valence-electron chi connectivity index (χ4n) is 3.32. The van der Waals surface area contributed by atoms with E-state index in [2.05, 4.69) is 41.5 Å². The molecule has 0 bridgehead atoms. The number of benzene rings is 1. The van der Waals surface area contributed by atoms with Crippen LogP contribution in [-0.2, 0) is 11.2 Å².